The molecule has 1 aliphatic rings. The van der Waals surface area contributed by atoms with E-state index in [-0.39, 0.29) is 11.6 Å². The number of rotatable bonds is 4. The lowest BCUT2D eigenvalue weighted by atomic mass is 10.1. The summed E-state index contributed by atoms with van der Waals surface area (Å²) in [4.78, 5) is 25.8. The van der Waals surface area contributed by atoms with E-state index in [1.54, 1.807) is 42.3 Å². The molecule has 3 rings (SSSR count). The molecular formula is C17H15N3O4S. The molecule has 1 aromatic heterocycles. The van der Waals surface area contributed by atoms with Crippen molar-refractivity contribution >= 4 is 35.0 Å². The Balaban J connectivity index is 1.88. The van der Waals surface area contributed by atoms with Crippen LogP contribution in [-0.4, -0.2) is 39.3 Å². The molecule has 0 spiro atoms. The maximum atomic E-state index is 12.4. The summed E-state index contributed by atoms with van der Waals surface area (Å²) in [6, 6.07) is 9.57. The van der Waals surface area contributed by atoms with E-state index in [9.17, 15) is 14.9 Å². The number of hydrogen-bond donors (Lipinski definition) is 0. The van der Waals surface area contributed by atoms with Crippen LogP contribution >= 0.6 is 12.2 Å². The molecule has 1 aromatic carbocycles. The zero-order chi connectivity index (χ0) is 18.1. The molecule has 7 nitrogen and oxygen atoms in total. The van der Waals surface area contributed by atoms with Crippen LogP contribution in [0.5, 0.6) is 0 Å². The van der Waals surface area contributed by atoms with Crippen molar-refractivity contribution in [1.82, 2.24) is 9.80 Å². The SMILES string of the molecule is CCN1C(=O)C(=Cc2ccc(-c3ccc([N+](=O)[O-])cc3)o2)N(C)C1=S. The number of nitro benzene ring substituents is 1. The quantitative estimate of drug-likeness (QED) is 0.362. The number of nitro groups is 1. The molecule has 2 heterocycles. The van der Waals surface area contributed by atoms with Gasteiger partial charge in [0.1, 0.15) is 17.2 Å². The van der Waals surface area contributed by atoms with Gasteiger partial charge in [-0.15, -0.1) is 0 Å². The van der Waals surface area contributed by atoms with E-state index < -0.39 is 4.92 Å². The second kappa shape index (κ2) is 6.48. The number of nitrogens with zero attached hydrogens (tertiary/aromatic N) is 3. The summed E-state index contributed by atoms with van der Waals surface area (Å²) >= 11 is 5.25. The summed E-state index contributed by atoms with van der Waals surface area (Å²) < 4.78 is 5.75. The fourth-order valence-corrected chi connectivity index (χ4v) is 2.87. The highest BCUT2D eigenvalue weighted by molar-refractivity contribution is 7.80. The van der Waals surface area contributed by atoms with Crippen molar-refractivity contribution < 1.29 is 14.1 Å². The molecule has 1 fully saturated rings. The van der Waals surface area contributed by atoms with Gasteiger partial charge in [0.05, 0.1) is 4.92 Å². The van der Waals surface area contributed by atoms with Gasteiger partial charge in [-0.05, 0) is 43.4 Å². The van der Waals surface area contributed by atoms with Gasteiger partial charge < -0.3 is 9.32 Å². The smallest absolute Gasteiger partial charge is 0.276 e. The van der Waals surface area contributed by atoms with Gasteiger partial charge in [0.2, 0.25) is 0 Å². The van der Waals surface area contributed by atoms with Crippen LogP contribution in [0.4, 0.5) is 5.69 Å². The zero-order valence-corrected chi connectivity index (χ0v) is 14.4. The fraction of sp³-hybridized carbons (Fsp3) is 0.176. The molecule has 0 saturated carbocycles. The van der Waals surface area contributed by atoms with Crippen molar-refractivity contribution in [3.63, 3.8) is 0 Å². The van der Waals surface area contributed by atoms with Crippen molar-refractivity contribution in [2.24, 2.45) is 0 Å². The first-order chi connectivity index (χ1) is 11.9. The average molecular weight is 357 g/mol. The largest absolute Gasteiger partial charge is 0.457 e. The molecular weight excluding hydrogens is 342 g/mol. The van der Waals surface area contributed by atoms with E-state index in [0.717, 1.165) is 0 Å². The maximum absolute atomic E-state index is 12.4. The van der Waals surface area contributed by atoms with Crippen LogP contribution in [0, 0.1) is 10.1 Å². The Morgan fingerprint density at radius 3 is 2.48 bits per heavy atom. The lowest BCUT2D eigenvalue weighted by Gasteiger charge is -2.13. The Morgan fingerprint density at radius 2 is 1.92 bits per heavy atom. The van der Waals surface area contributed by atoms with Gasteiger partial charge in [0.25, 0.3) is 11.6 Å². The van der Waals surface area contributed by atoms with Crippen LogP contribution in [0.15, 0.2) is 46.5 Å². The molecule has 0 atom stereocenters. The van der Waals surface area contributed by atoms with Gasteiger partial charge in [-0.2, -0.15) is 0 Å². The average Bonchev–Trinajstić information content (AvgIpc) is 3.14. The summed E-state index contributed by atoms with van der Waals surface area (Å²) in [5.74, 6) is 0.900. The predicted octanol–water partition coefficient (Wildman–Crippen LogP) is 3.27. The first-order valence-electron chi connectivity index (χ1n) is 7.58. The molecule has 8 heteroatoms. The number of furan rings is 1. The van der Waals surface area contributed by atoms with Crippen LogP contribution in [0.2, 0.25) is 0 Å². The normalized spacial score (nSPS) is 16.2. The lowest BCUT2D eigenvalue weighted by Crippen LogP contribution is -2.30. The number of carbonyl (C=O) groups is 1. The summed E-state index contributed by atoms with van der Waals surface area (Å²) in [5.41, 5.74) is 1.17. The molecule has 25 heavy (non-hydrogen) atoms. The van der Waals surface area contributed by atoms with Crippen LogP contribution in [0.25, 0.3) is 17.4 Å². The highest BCUT2D eigenvalue weighted by Crippen LogP contribution is 2.27. The van der Waals surface area contributed by atoms with Crippen LogP contribution in [-0.2, 0) is 4.79 Å². The van der Waals surface area contributed by atoms with E-state index in [2.05, 4.69) is 0 Å². The molecule has 0 radical (unpaired) electrons. The number of hydrogen-bond acceptors (Lipinski definition) is 5. The van der Waals surface area contributed by atoms with Gasteiger partial charge in [-0.3, -0.25) is 19.8 Å². The molecule has 1 saturated heterocycles. The number of non-ortho nitro benzene ring substituents is 1. The van der Waals surface area contributed by atoms with Gasteiger partial charge in [-0.1, -0.05) is 0 Å². The zero-order valence-electron chi connectivity index (χ0n) is 13.6. The summed E-state index contributed by atoms with van der Waals surface area (Å²) in [5, 5.41) is 11.2. The van der Waals surface area contributed by atoms with Crippen LogP contribution < -0.4 is 0 Å². The molecule has 128 valence electrons. The maximum Gasteiger partial charge on any atom is 0.276 e. The minimum atomic E-state index is -0.453. The molecule has 0 aliphatic carbocycles. The van der Waals surface area contributed by atoms with Crippen molar-refractivity contribution in [1.29, 1.82) is 0 Å². The first kappa shape index (κ1) is 16.8. The molecule has 1 aliphatic heterocycles. The van der Waals surface area contributed by atoms with E-state index in [1.165, 1.54) is 17.0 Å². The third-order valence-electron chi connectivity index (χ3n) is 3.93. The molecule has 2 aromatic rings. The van der Waals surface area contributed by atoms with Crippen LogP contribution in [0.3, 0.4) is 0 Å². The van der Waals surface area contributed by atoms with Crippen molar-refractivity contribution in [3.8, 4) is 11.3 Å². The highest BCUT2D eigenvalue weighted by Gasteiger charge is 2.34. The summed E-state index contributed by atoms with van der Waals surface area (Å²) in [6.07, 6.45) is 1.64. The Kier molecular flexibility index (Phi) is 4.37. The van der Waals surface area contributed by atoms with E-state index >= 15 is 0 Å². The number of carbonyl (C=O) groups excluding carboxylic acids is 1. The molecule has 0 N–H and O–H groups in total. The monoisotopic (exact) mass is 357 g/mol. The highest BCUT2D eigenvalue weighted by atomic mass is 32.1. The summed E-state index contributed by atoms with van der Waals surface area (Å²) in [6.45, 7) is 2.37. The predicted molar refractivity (Wildman–Crippen MR) is 96.5 cm³/mol. The third kappa shape index (κ3) is 3.03. The van der Waals surface area contributed by atoms with Gasteiger partial charge in [-0.25, -0.2) is 0 Å². The topological polar surface area (TPSA) is 79.8 Å². The second-order valence-corrected chi connectivity index (χ2v) is 5.79. The van der Waals surface area contributed by atoms with Crippen molar-refractivity contribution in [2.75, 3.05) is 13.6 Å². The minimum absolute atomic E-state index is 0.0176. The van der Waals surface area contributed by atoms with E-state index in [4.69, 9.17) is 16.6 Å². The van der Waals surface area contributed by atoms with Gasteiger partial charge in [0.15, 0.2) is 5.11 Å². The molecule has 0 bridgehead atoms. The van der Waals surface area contributed by atoms with Crippen molar-refractivity contribution in [3.05, 3.63) is 58.0 Å². The van der Waals surface area contributed by atoms with Crippen LogP contribution in [0.1, 0.15) is 12.7 Å². The Bertz CT molecular complexity index is 886. The standard InChI is InChI=1S/C17H15N3O4S/c1-3-19-16(21)14(18(2)17(19)25)10-13-8-9-15(24-13)11-4-6-12(7-5-11)20(22)23/h4-10H,3H2,1-2H3. The van der Waals surface area contributed by atoms with Gasteiger partial charge >= 0.3 is 0 Å². The fourth-order valence-electron chi connectivity index (χ4n) is 2.56. The minimum Gasteiger partial charge on any atom is -0.457 e. The van der Waals surface area contributed by atoms with Crippen molar-refractivity contribution in [2.45, 2.75) is 6.92 Å². The Morgan fingerprint density at radius 1 is 1.24 bits per heavy atom. The molecule has 1 amide bonds. The van der Waals surface area contributed by atoms with E-state index in [1.807, 2.05) is 6.92 Å². The number of likely N-dealkylation sites (N-methyl/N-ethyl adjacent to an activating group) is 2. The molecule has 0 unspecified atom stereocenters. The van der Waals surface area contributed by atoms with Gasteiger partial charge in [0, 0.05) is 37.4 Å². The number of benzene rings is 1. The second-order valence-electron chi connectivity index (χ2n) is 5.43. The van der Waals surface area contributed by atoms with E-state index in [0.29, 0.717) is 34.4 Å². The first-order valence-corrected chi connectivity index (χ1v) is 7.99. The Labute approximate surface area is 149 Å². The lowest BCUT2D eigenvalue weighted by molar-refractivity contribution is -0.384. The Hall–Kier alpha value is -3.00. The summed E-state index contributed by atoms with van der Waals surface area (Å²) in [7, 11) is 1.74. The third-order valence-corrected chi connectivity index (χ3v) is 4.42. The number of amides is 1. The number of thiocarbonyl (C=S) groups is 1.